The molecule has 0 saturated heterocycles. The average Bonchev–Trinajstić information content (AvgIpc) is 1.67. The Hall–Kier alpha value is -5.21. The molecule has 0 aliphatic heterocycles. The summed E-state index contributed by atoms with van der Waals surface area (Å²) in [6.45, 7) is 40.3. The van der Waals surface area contributed by atoms with Gasteiger partial charge in [-0.25, -0.2) is 4.79 Å². The van der Waals surface area contributed by atoms with E-state index < -0.39 is 0 Å². The molecule has 12 aliphatic rings. The first-order valence-electron chi connectivity index (χ1n) is 43.7. The predicted octanol–water partition coefficient (Wildman–Crippen LogP) is 25.6. The molecule has 18 rings (SSSR count). The first-order valence-corrected chi connectivity index (χ1v) is 43.7. The lowest BCUT2D eigenvalue weighted by atomic mass is 9.73. The molecule has 556 valence electrons. The Morgan fingerprint density at radius 3 is 0.456 bits per heavy atom. The lowest BCUT2D eigenvalue weighted by Gasteiger charge is -2.31. The molecule has 103 heavy (non-hydrogen) atoms. The van der Waals surface area contributed by atoms with E-state index >= 15 is 0 Å². The van der Waals surface area contributed by atoms with Gasteiger partial charge in [0.25, 0.3) is 0 Å². The second-order valence-corrected chi connectivity index (χ2v) is 36.5. The largest absolute Gasteiger partial charge is 0.465 e. The molecule has 12 aliphatic carbocycles. The maximum Gasteiger partial charge on any atom is 0.338 e. The minimum absolute atomic E-state index is 0.110. The lowest BCUT2D eigenvalue weighted by Crippen LogP contribution is -2.22. The van der Waals surface area contributed by atoms with Gasteiger partial charge in [0, 0.05) is 0 Å². The summed E-state index contributed by atoms with van der Waals surface area (Å²) in [5.74, 6) is 4.04. The van der Waals surface area contributed by atoms with Crippen LogP contribution < -0.4 is 0 Å². The third-order valence-electron chi connectivity index (χ3n) is 28.5. The van der Waals surface area contributed by atoms with Crippen molar-refractivity contribution in [1.29, 1.82) is 0 Å². The van der Waals surface area contributed by atoms with Gasteiger partial charge in [-0.15, -0.1) is 0 Å². The van der Waals surface area contributed by atoms with Crippen molar-refractivity contribution in [3.05, 3.63) is 200 Å². The summed E-state index contributed by atoms with van der Waals surface area (Å²) in [5, 5.41) is 0. The zero-order valence-electron chi connectivity index (χ0n) is 69.1. The average molecular weight is 1390 g/mol. The number of esters is 1. The van der Waals surface area contributed by atoms with Crippen LogP contribution in [0.15, 0.2) is 0 Å². The number of carbonyl (C=O) groups is 1. The smallest absolute Gasteiger partial charge is 0.338 e. The Balaban J connectivity index is 0.000000110. The highest BCUT2D eigenvalue weighted by Crippen LogP contribution is 2.48. The van der Waals surface area contributed by atoms with Crippen molar-refractivity contribution >= 4 is 5.97 Å². The number of benzene rings is 6. The molecule has 2 nitrogen and oxygen atoms in total. The number of fused-ring (bicyclic) bond motifs is 12. The molecule has 0 atom stereocenters. The van der Waals surface area contributed by atoms with E-state index in [9.17, 15) is 4.79 Å². The normalized spacial score (nSPS) is 18.0. The van der Waals surface area contributed by atoms with E-state index in [1.165, 1.54) is 261 Å². The minimum atomic E-state index is -0.110. The SMILES string of the molecule is COC(=O)c1c2c(c(C(C)C)c3c1CCCC3)CCCC2.Cc1c2c(c(C(C)C)c3c1CCC3)CCC2.Cc1c2c(c(C(C)C)c3c1CCC3)CCC2.Cc1c2c(c(C(C)C)c3c1CCC3)CCC2.Cc1c2c(c(C(C)C)c3c1CCC3)CCC2.Cc1c2c(c(C(C)C)c3c1CCCC3)CCCC2. The summed E-state index contributed by atoms with van der Waals surface area (Å²) in [7, 11) is 1.52. The second-order valence-electron chi connectivity index (χ2n) is 36.5. The van der Waals surface area contributed by atoms with Crippen molar-refractivity contribution < 1.29 is 9.53 Å². The monoisotopic (exact) mass is 1390 g/mol. The topological polar surface area (TPSA) is 26.3 Å². The number of methoxy groups -OCH3 is 1. The first kappa shape index (κ1) is 76.0. The van der Waals surface area contributed by atoms with Crippen LogP contribution >= 0.6 is 0 Å². The summed E-state index contributed by atoms with van der Waals surface area (Å²) in [6.07, 6.45) is 52.9. The van der Waals surface area contributed by atoms with E-state index in [0.29, 0.717) is 11.8 Å². The van der Waals surface area contributed by atoms with Crippen LogP contribution in [0.4, 0.5) is 0 Å². The van der Waals surface area contributed by atoms with E-state index in [0.717, 1.165) is 54.9 Å². The van der Waals surface area contributed by atoms with Gasteiger partial charge in [0.05, 0.1) is 12.7 Å². The Morgan fingerprint density at radius 2 is 0.311 bits per heavy atom. The van der Waals surface area contributed by atoms with Crippen molar-refractivity contribution in [2.45, 2.75) is 410 Å². The van der Waals surface area contributed by atoms with Crippen LogP contribution in [-0.4, -0.2) is 13.1 Å². The quantitative estimate of drug-likeness (QED) is 0.149. The second kappa shape index (κ2) is 32.7. The van der Waals surface area contributed by atoms with Crippen LogP contribution in [0.25, 0.3) is 0 Å². The molecule has 0 spiro atoms. The summed E-state index contributed by atoms with van der Waals surface area (Å²) in [4.78, 5) is 12.4. The van der Waals surface area contributed by atoms with Crippen LogP contribution in [0.5, 0.6) is 0 Å². The van der Waals surface area contributed by atoms with E-state index in [1.807, 2.05) is 0 Å². The summed E-state index contributed by atoms with van der Waals surface area (Å²) < 4.78 is 5.13. The van der Waals surface area contributed by atoms with E-state index in [2.05, 4.69) is 118 Å². The third-order valence-corrected chi connectivity index (χ3v) is 28.5. The molecule has 6 aromatic carbocycles. The fourth-order valence-electron chi connectivity index (χ4n) is 24.5. The first-order chi connectivity index (χ1) is 49.6. The van der Waals surface area contributed by atoms with Gasteiger partial charge in [-0.3, -0.25) is 0 Å². The molecule has 6 aromatic rings. The summed E-state index contributed by atoms with van der Waals surface area (Å²) in [6, 6.07) is 0. The van der Waals surface area contributed by atoms with Crippen LogP contribution in [0.3, 0.4) is 0 Å². The highest BCUT2D eigenvalue weighted by molar-refractivity contribution is 5.94. The number of rotatable bonds is 7. The number of hydrogen-bond donors (Lipinski definition) is 0. The van der Waals surface area contributed by atoms with Gasteiger partial charge in [-0.05, 0) is 522 Å². The van der Waals surface area contributed by atoms with Gasteiger partial charge in [-0.1, -0.05) is 83.1 Å². The fraction of sp³-hybridized carbons (Fsp3) is 0.634. The highest BCUT2D eigenvalue weighted by atomic mass is 16.5. The van der Waals surface area contributed by atoms with Crippen molar-refractivity contribution in [3.8, 4) is 0 Å². The number of ether oxygens (including phenoxy) is 1. The third kappa shape index (κ3) is 14.5. The van der Waals surface area contributed by atoms with Crippen LogP contribution in [0.2, 0.25) is 0 Å². The van der Waals surface area contributed by atoms with Gasteiger partial charge < -0.3 is 4.74 Å². The van der Waals surface area contributed by atoms with Crippen LogP contribution in [-0.2, 0) is 159 Å². The van der Waals surface area contributed by atoms with Crippen molar-refractivity contribution in [2.24, 2.45) is 0 Å². The van der Waals surface area contributed by atoms with E-state index in [1.54, 1.807) is 172 Å². The molecule has 0 N–H and O–H groups in total. The molecular weight excluding hydrogens is 1250 g/mol. The molecule has 0 saturated carbocycles. The lowest BCUT2D eigenvalue weighted by molar-refractivity contribution is 0.0597. The van der Waals surface area contributed by atoms with Crippen molar-refractivity contribution in [3.63, 3.8) is 0 Å². The summed E-state index contributed by atoms with van der Waals surface area (Å²) >= 11 is 0. The molecule has 0 amide bonds. The van der Waals surface area contributed by atoms with Crippen molar-refractivity contribution in [1.82, 2.24) is 0 Å². The zero-order chi connectivity index (χ0) is 72.8. The van der Waals surface area contributed by atoms with Gasteiger partial charge in [0.15, 0.2) is 0 Å². The van der Waals surface area contributed by atoms with Crippen LogP contribution in [0, 0.1) is 34.6 Å². The predicted molar refractivity (Wildman–Crippen MR) is 441 cm³/mol. The molecule has 0 fully saturated rings. The molecule has 0 bridgehead atoms. The standard InChI is InChI=1S/C19H26O2.C18H26.4C16H22/c1-12(2)17-13-8-4-6-10-15(13)18(19(20)21-3)16-11-7-5-9-14(16)17;1-12(2)18-16-10-6-4-8-14(16)13(3)15-9-5-7-11-17(15)18;4*1-10(2)16-14-8-4-6-12(14)11(3)13-7-5-9-15(13)16/h12H,4-11H2,1-3H3;12H,4-11H2,1-3H3;4*10H,4-9H2,1-3H3. The Kier molecular flexibility index (Phi) is 24.1. The van der Waals surface area contributed by atoms with Gasteiger partial charge in [-0.2, -0.15) is 0 Å². The maximum absolute atomic E-state index is 12.4. The van der Waals surface area contributed by atoms with Gasteiger partial charge in [0.1, 0.15) is 0 Å². The van der Waals surface area contributed by atoms with Crippen LogP contribution in [0.1, 0.15) is 426 Å². The van der Waals surface area contributed by atoms with Crippen molar-refractivity contribution in [2.75, 3.05) is 7.11 Å². The summed E-state index contributed by atoms with van der Waals surface area (Å²) in [5.41, 5.74) is 59.9. The maximum atomic E-state index is 12.4. The molecule has 2 heteroatoms. The zero-order valence-corrected chi connectivity index (χ0v) is 69.1. The van der Waals surface area contributed by atoms with E-state index in [-0.39, 0.29) is 5.97 Å². The molecule has 0 radical (unpaired) electrons. The van der Waals surface area contributed by atoms with E-state index in [4.69, 9.17) is 4.74 Å². The fourth-order valence-corrected chi connectivity index (χ4v) is 24.5. The Labute approximate surface area is 629 Å². The molecular formula is C101H140O2. The Morgan fingerprint density at radius 1 is 0.194 bits per heavy atom. The minimum Gasteiger partial charge on any atom is -0.465 e. The molecule has 0 heterocycles. The Bertz CT molecular complexity index is 3620. The number of hydrogen-bond acceptors (Lipinski definition) is 2. The van der Waals surface area contributed by atoms with Gasteiger partial charge in [0.2, 0.25) is 0 Å². The molecule has 0 unspecified atom stereocenters. The highest BCUT2D eigenvalue weighted by Gasteiger charge is 2.35. The number of carbonyl (C=O) groups excluding carboxylic acids is 1. The van der Waals surface area contributed by atoms with Gasteiger partial charge >= 0.3 is 5.97 Å². The molecule has 0 aromatic heterocycles.